The molecular formula is C29H34FN3O2S. The first-order valence-corrected chi connectivity index (χ1v) is 13.9. The van der Waals surface area contributed by atoms with Crippen molar-refractivity contribution in [1.82, 2.24) is 4.72 Å². The van der Waals surface area contributed by atoms with Crippen molar-refractivity contribution >= 4 is 29.3 Å². The molecule has 3 aliphatic rings. The average molecular weight is 508 g/mol. The molecule has 2 aromatic rings. The molecule has 0 saturated carbocycles. The number of anilines is 2. The largest absolute Gasteiger partial charge is 0.478 e. The monoisotopic (exact) mass is 507 g/mol. The minimum Gasteiger partial charge on any atom is -0.478 e. The van der Waals surface area contributed by atoms with Crippen LogP contribution in [0.4, 0.5) is 15.8 Å². The number of allylic oxidation sites excluding steroid dienone is 3. The number of carbonyl (C=O) groups is 1. The first kappa shape index (κ1) is 24.9. The average Bonchev–Trinajstić information content (AvgIpc) is 3.37. The van der Waals surface area contributed by atoms with Crippen molar-refractivity contribution in [2.45, 2.75) is 62.8 Å². The number of halogens is 1. The second-order valence-corrected chi connectivity index (χ2v) is 10.7. The van der Waals surface area contributed by atoms with Gasteiger partial charge in [-0.1, -0.05) is 38.0 Å². The Morgan fingerprint density at radius 1 is 1.17 bits per heavy atom. The molecule has 1 atom stereocenters. The Labute approximate surface area is 217 Å². The third kappa shape index (κ3) is 5.18. The Hall–Kier alpha value is -2.77. The Balaban J connectivity index is 1.64. The van der Waals surface area contributed by atoms with E-state index in [1.807, 2.05) is 0 Å². The molecule has 0 spiro atoms. The van der Waals surface area contributed by atoms with Crippen LogP contribution in [0.2, 0.25) is 0 Å². The van der Waals surface area contributed by atoms with E-state index in [4.69, 9.17) is 0 Å². The predicted octanol–water partition coefficient (Wildman–Crippen LogP) is 7.00. The third-order valence-electron chi connectivity index (χ3n) is 7.25. The topological polar surface area (TPSA) is 55.8 Å². The fourth-order valence-corrected chi connectivity index (χ4v) is 6.24. The molecule has 7 heteroatoms. The minimum atomic E-state index is -1.25. The van der Waals surface area contributed by atoms with E-state index in [-0.39, 0.29) is 5.56 Å². The van der Waals surface area contributed by atoms with Crippen molar-refractivity contribution in [3.8, 4) is 11.1 Å². The predicted molar refractivity (Wildman–Crippen MR) is 146 cm³/mol. The van der Waals surface area contributed by atoms with E-state index in [1.165, 1.54) is 29.9 Å². The maximum atomic E-state index is 14.2. The lowest BCUT2D eigenvalue weighted by Gasteiger charge is -2.31. The molecule has 2 aliphatic heterocycles. The van der Waals surface area contributed by atoms with Crippen LogP contribution >= 0.6 is 11.9 Å². The van der Waals surface area contributed by atoms with E-state index in [9.17, 15) is 14.3 Å². The number of fused-ring (bicyclic) bond motifs is 1. The molecular weight excluding hydrogens is 473 g/mol. The van der Waals surface area contributed by atoms with E-state index in [2.05, 4.69) is 51.8 Å². The molecule has 1 fully saturated rings. The molecule has 190 valence electrons. The standard InChI is InChI=1S/C29H34FN3O2S/c1-2-3-9-21-19-33(22-10-5-4-6-11-22)27-18-26(32-14-7-8-15-32)23(17-28(27)36-31-21)20-12-13-25(30)24(16-20)29(34)35/h5,10-13,16-18,21,31H,2-4,6-9,14-15,19H2,1H3,(H,34,35). The lowest BCUT2D eigenvalue weighted by atomic mass is 9.98. The Morgan fingerprint density at radius 3 is 2.72 bits per heavy atom. The number of unbranched alkanes of at least 4 members (excludes halogenated alkanes) is 1. The first-order chi connectivity index (χ1) is 17.5. The van der Waals surface area contributed by atoms with E-state index < -0.39 is 11.8 Å². The van der Waals surface area contributed by atoms with Crippen molar-refractivity contribution < 1.29 is 14.3 Å². The Bertz CT molecular complexity index is 1190. The molecule has 0 aromatic heterocycles. The molecule has 2 N–H and O–H groups in total. The van der Waals surface area contributed by atoms with Crippen molar-refractivity contribution in [2.24, 2.45) is 0 Å². The molecule has 0 radical (unpaired) electrons. The third-order valence-corrected chi connectivity index (χ3v) is 8.25. The van der Waals surface area contributed by atoms with E-state index >= 15 is 0 Å². The molecule has 1 aliphatic carbocycles. The summed E-state index contributed by atoms with van der Waals surface area (Å²) in [5.74, 6) is -1.95. The molecule has 5 nitrogen and oxygen atoms in total. The van der Waals surface area contributed by atoms with Gasteiger partial charge in [0.1, 0.15) is 5.82 Å². The maximum Gasteiger partial charge on any atom is 0.338 e. The van der Waals surface area contributed by atoms with Gasteiger partial charge in [0.15, 0.2) is 0 Å². The zero-order chi connectivity index (χ0) is 25.1. The number of hydrogen-bond donors (Lipinski definition) is 2. The van der Waals surface area contributed by atoms with E-state index in [0.29, 0.717) is 6.04 Å². The van der Waals surface area contributed by atoms with Gasteiger partial charge in [-0.25, -0.2) is 9.18 Å². The zero-order valence-corrected chi connectivity index (χ0v) is 21.6. The Morgan fingerprint density at radius 2 is 2.00 bits per heavy atom. The van der Waals surface area contributed by atoms with Crippen LogP contribution in [0, 0.1) is 5.82 Å². The fraction of sp³-hybridized carbons (Fsp3) is 0.414. The summed E-state index contributed by atoms with van der Waals surface area (Å²) in [5, 5.41) is 9.54. The molecule has 2 heterocycles. The minimum absolute atomic E-state index is 0.292. The normalized spacial score (nSPS) is 19.7. The van der Waals surface area contributed by atoms with Crippen LogP contribution in [0.15, 0.2) is 59.2 Å². The summed E-state index contributed by atoms with van der Waals surface area (Å²) < 4.78 is 17.9. The van der Waals surface area contributed by atoms with Gasteiger partial charge >= 0.3 is 5.97 Å². The van der Waals surface area contributed by atoms with Gasteiger partial charge in [0.05, 0.1) is 11.3 Å². The van der Waals surface area contributed by atoms with Crippen molar-refractivity contribution in [2.75, 3.05) is 29.4 Å². The number of carboxylic acid groups (broad SMARTS) is 1. The van der Waals surface area contributed by atoms with Gasteiger partial charge in [-0.3, -0.25) is 4.72 Å². The number of hydrogen-bond acceptors (Lipinski definition) is 5. The molecule has 0 bridgehead atoms. The van der Waals surface area contributed by atoms with Gasteiger partial charge in [0.2, 0.25) is 0 Å². The molecule has 0 amide bonds. The zero-order valence-electron chi connectivity index (χ0n) is 20.8. The van der Waals surface area contributed by atoms with Gasteiger partial charge in [0, 0.05) is 47.5 Å². The van der Waals surface area contributed by atoms with Gasteiger partial charge in [-0.15, -0.1) is 0 Å². The van der Waals surface area contributed by atoms with Crippen LogP contribution in [0.1, 0.15) is 62.2 Å². The number of benzene rings is 2. The van der Waals surface area contributed by atoms with Crippen molar-refractivity contribution in [3.63, 3.8) is 0 Å². The van der Waals surface area contributed by atoms with Crippen LogP contribution in [0.25, 0.3) is 11.1 Å². The van der Waals surface area contributed by atoms with Gasteiger partial charge in [-0.05, 0) is 80.0 Å². The quantitative estimate of drug-likeness (QED) is 0.394. The van der Waals surface area contributed by atoms with Crippen LogP contribution in [-0.4, -0.2) is 36.8 Å². The van der Waals surface area contributed by atoms with Gasteiger partial charge in [-0.2, -0.15) is 0 Å². The number of aromatic carboxylic acids is 1. The van der Waals surface area contributed by atoms with E-state index in [0.717, 1.165) is 79.9 Å². The summed E-state index contributed by atoms with van der Waals surface area (Å²) in [7, 11) is 0. The highest BCUT2D eigenvalue weighted by Gasteiger charge is 2.28. The number of carboxylic acids is 1. The maximum absolute atomic E-state index is 14.2. The number of nitrogens with zero attached hydrogens (tertiary/aromatic N) is 2. The summed E-state index contributed by atoms with van der Waals surface area (Å²) in [4.78, 5) is 17.6. The summed E-state index contributed by atoms with van der Waals surface area (Å²) in [5.41, 5.74) is 4.90. The second kappa shape index (κ2) is 11.1. The summed E-state index contributed by atoms with van der Waals surface area (Å²) in [6.07, 6.45) is 14.7. The highest BCUT2D eigenvalue weighted by Crippen LogP contribution is 2.44. The lowest BCUT2D eigenvalue weighted by Crippen LogP contribution is -2.36. The highest BCUT2D eigenvalue weighted by molar-refractivity contribution is 7.97. The Kier molecular flexibility index (Phi) is 7.67. The summed E-state index contributed by atoms with van der Waals surface area (Å²) in [6, 6.07) is 9.24. The summed E-state index contributed by atoms with van der Waals surface area (Å²) in [6.45, 7) is 5.05. The molecule has 5 rings (SSSR count). The molecule has 36 heavy (non-hydrogen) atoms. The molecule has 2 aromatic carbocycles. The van der Waals surface area contributed by atoms with Crippen LogP contribution in [0.3, 0.4) is 0 Å². The summed E-state index contributed by atoms with van der Waals surface area (Å²) >= 11 is 1.66. The van der Waals surface area contributed by atoms with Gasteiger partial charge < -0.3 is 14.9 Å². The van der Waals surface area contributed by atoms with Crippen LogP contribution < -0.4 is 14.5 Å². The van der Waals surface area contributed by atoms with E-state index in [1.54, 1.807) is 18.0 Å². The second-order valence-electron chi connectivity index (χ2n) is 9.81. The van der Waals surface area contributed by atoms with Crippen molar-refractivity contribution in [3.05, 3.63) is 65.6 Å². The number of rotatable bonds is 7. The van der Waals surface area contributed by atoms with Crippen LogP contribution in [-0.2, 0) is 0 Å². The van der Waals surface area contributed by atoms with Crippen LogP contribution in [0.5, 0.6) is 0 Å². The van der Waals surface area contributed by atoms with Gasteiger partial charge in [0.25, 0.3) is 0 Å². The highest BCUT2D eigenvalue weighted by atomic mass is 32.2. The van der Waals surface area contributed by atoms with Crippen molar-refractivity contribution in [1.29, 1.82) is 0 Å². The fourth-order valence-electron chi connectivity index (χ4n) is 5.31. The lowest BCUT2D eigenvalue weighted by molar-refractivity contribution is 0.0692. The number of nitrogens with one attached hydrogen (secondary N) is 1. The first-order valence-electron chi connectivity index (χ1n) is 13.1. The smallest absolute Gasteiger partial charge is 0.338 e. The molecule has 1 unspecified atom stereocenters. The SMILES string of the molecule is CCCCC1CN(C2=CCCC=C2)c2cc(N3CCCC3)c(-c3ccc(F)c(C(=O)O)c3)cc2SN1. The molecule has 1 saturated heterocycles.